The molecule has 2 atom stereocenters. The molecule has 1 aromatic rings. The average Bonchev–Trinajstić information content (AvgIpc) is 2.48. The third kappa shape index (κ3) is 3.77. The van der Waals surface area contributed by atoms with Gasteiger partial charge in [0, 0.05) is 18.5 Å². The van der Waals surface area contributed by atoms with Crippen LogP contribution in [0.1, 0.15) is 57.9 Å². The van der Waals surface area contributed by atoms with Crippen LogP contribution in [-0.4, -0.2) is 18.0 Å². The van der Waals surface area contributed by atoms with Crippen molar-refractivity contribution >= 4 is 5.91 Å². The predicted molar refractivity (Wildman–Crippen MR) is 94.1 cm³/mol. The number of hydrogen-bond donors (Lipinski definition) is 2. The minimum absolute atomic E-state index is 0.133. The highest BCUT2D eigenvalue weighted by Crippen LogP contribution is 2.40. The van der Waals surface area contributed by atoms with Crippen molar-refractivity contribution in [3.63, 3.8) is 0 Å². The lowest BCUT2D eigenvalue weighted by Crippen LogP contribution is -2.54. The van der Waals surface area contributed by atoms with Gasteiger partial charge in [0.25, 0.3) is 0 Å². The van der Waals surface area contributed by atoms with E-state index in [-0.39, 0.29) is 11.3 Å². The maximum atomic E-state index is 12.7. The zero-order valence-electron chi connectivity index (χ0n) is 14.4. The summed E-state index contributed by atoms with van der Waals surface area (Å²) in [5, 5.41) is 3.37. The Morgan fingerprint density at radius 1 is 1.17 bits per heavy atom. The fourth-order valence-electron chi connectivity index (χ4n) is 4.65. The first kappa shape index (κ1) is 16.5. The Morgan fingerprint density at radius 3 is 2.39 bits per heavy atom. The van der Waals surface area contributed by atoms with Crippen LogP contribution >= 0.6 is 0 Å². The number of carbonyl (C=O) groups is 1. The summed E-state index contributed by atoms with van der Waals surface area (Å²) in [6.45, 7) is 4.30. The maximum absolute atomic E-state index is 12.7. The standard InChI is InChI=1S/C20H30N2O/c1-20(2,16-9-4-3-5-10-16)13-18(23)22-19-14-7-6-8-15(19)12-17(21)11-14/h3-5,9-10,14-15,17,19H,6-8,11-13,21H2,1-2H3,(H,22,23). The van der Waals surface area contributed by atoms with Gasteiger partial charge >= 0.3 is 0 Å². The summed E-state index contributed by atoms with van der Waals surface area (Å²) in [5.74, 6) is 1.36. The van der Waals surface area contributed by atoms with E-state index in [9.17, 15) is 4.79 Å². The predicted octanol–water partition coefficient (Wildman–Crippen LogP) is 3.38. The Bertz CT molecular complexity index is 526. The van der Waals surface area contributed by atoms with Gasteiger partial charge < -0.3 is 11.1 Å². The molecule has 1 aromatic carbocycles. The number of carbonyl (C=O) groups excluding carboxylic acids is 1. The Labute approximate surface area is 140 Å². The lowest BCUT2D eigenvalue weighted by Gasteiger charge is -2.45. The van der Waals surface area contributed by atoms with Crippen LogP contribution in [0.5, 0.6) is 0 Å². The summed E-state index contributed by atoms with van der Waals surface area (Å²) in [5.41, 5.74) is 7.27. The van der Waals surface area contributed by atoms with E-state index in [1.807, 2.05) is 18.2 Å². The fourth-order valence-corrected chi connectivity index (χ4v) is 4.65. The number of nitrogens with two attached hydrogens (primary N) is 1. The molecule has 0 spiro atoms. The van der Waals surface area contributed by atoms with Crippen molar-refractivity contribution in [3.8, 4) is 0 Å². The Morgan fingerprint density at radius 2 is 1.78 bits per heavy atom. The molecular weight excluding hydrogens is 284 g/mol. The number of amides is 1. The lowest BCUT2D eigenvalue weighted by atomic mass is 9.67. The highest BCUT2D eigenvalue weighted by Gasteiger charge is 2.40. The molecule has 2 unspecified atom stereocenters. The number of nitrogens with one attached hydrogen (secondary N) is 1. The number of rotatable bonds is 4. The van der Waals surface area contributed by atoms with Crippen LogP contribution in [0.2, 0.25) is 0 Å². The SMILES string of the molecule is CC(C)(CC(=O)NC1C2CCCC1CC(N)C2)c1ccccc1. The molecule has 0 aliphatic heterocycles. The normalized spacial score (nSPS) is 30.7. The zero-order chi connectivity index (χ0) is 16.4. The zero-order valence-corrected chi connectivity index (χ0v) is 14.4. The van der Waals surface area contributed by atoms with Crippen LogP contribution in [0.3, 0.4) is 0 Å². The molecule has 23 heavy (non-hydrogen) atoms. The van der Waals surface area contributed by atoms with Gasteiger partial charge in [-0.3, -0.25) is 4.79 Å². The van der Waals surface area contributed by atoms with Crippen molar-refractivity contribution in [1.29, 1.82) is 0 Å². The van der Waals surface area contributed by atoms with Crippen molar-refractivity contribution in [2.45, 2.75) is 69.9 Å². The van der Waals surface area contributed by atoms with Gasteiger partial charge in [-0.15, -0.1) is 0 Å². The van der Waals surface area contributed by atoms with Gasteiger partial charge in [-0.25, -0.2) is 0 Å². The van der Waals surface area contributed by atoms with Crippen molar-refractivity contribution in [2.24, 2.45) is 17.6 Å². The molecule has 2 fully saturated rings. The lowest BCUT2D eigenvalue weighted by molar-refractivity contribution is -0.124. The fraction of sp³-hybridized carbons (Fsp3) is 0.650. The van der Waals surface area contributed by atoms with Crippen LogP contribution in [-0.2, 0) is 10.2 Å². The van der Waals surface area contributed by atoms with E-state index in [2.05, 4.69) is 31.3 Å². The molecule has 3 N–H and O–H groups in total. The first-order valence-corrected chi connectivity index (χ1v) is 9.06. The van der Waals surface area contributed by atoms with E-state index >= 15 is 0 Å². The topological polar surface area (TPSA) is 55.1 Å². The molecule has 0 saturated heterocycles. The molecule has 2 bridgehead atoms. The second kappa shape index (κ2) is 6.64. The summed E-state index contributed by atoms with van der Waals surface area (Å²) in [6, 6.07) is 11.0. The molecular formula is C20H30N2O. The van der Waals surface area contributed by atoms with Crippen molar-refractivity contribution in [2.75, 3.05) is 0 Å². The van der Waals surface area contributed by atoms with Crippen molar-refractivity contribution in [1.82, 2.24) is 5.32 Å². The van der Waals surface area contributed by atoms with Crippen molar-refractivity contribution < 1.29 is 4.79 Å². The smallest absolute Gasteiger partial charge is 0.221 e. The Balaban J connectivity index is 1.63. The molecule has 126 valence electrons. The Hall–Kier alpha value is -1.35. The second-order valence-electron chi connectivity index (χ2n) is 8.20. The molecule has 3 heteroatoms. The molecule has 0 aromatic heterocycles. The van der Waals surface area contributed by atoms with Crippen LogP contribution < -0.4 is 11.1 Å². The summed E-state index contributed by atoms with van der Waals surface area (Å²) in [4.78, 5) is 12.7. The highest BCUT2D eigenvalue weighted by atomic mass is 16.1. The van der Waals surface area contributed by atoms with E-state index in [0.717, 1.165) is 12.8 Å². The summed E-state index contributed by atoms with van der Waals surface area (Å²) in [6.07, 6.45) is 6.42. The third-order valence-corrected chi connectivity index (χ3v) is 5.86. The highest BCUT2D eigenvalue weighted by molar-refractivity contribution is 5.78. The number of benzene rings is 1. The molecule has 0 heterocycles. The van der Waals surface area contributed by atoms with E-state index in [1.54, 1.807) is 0 Å². The van der Waals surface area contributed by atoms with Gasteiger partial charge in [-0.1, -0.05) is 50.6 Å². The first-order chi connectivity index (χ1) is 11.0. The van der Waals surface area contributed by atoms with Crippen LogP contribution in [0.25, 0.3) is 0 Å². The number of hydrogen-bond acceptors (Lipinski definition) is 2. The van der Waals surface area contributed by atoms with Crippen LogP contribution in [0, 0.1) is 11.8 Å². The van der Waals surface area contributed by atoms with Crippen LogP contribution in [0.15, 0.2) is 30.3 Å². The molecule has 1 amide bonds. The van der Waals surface area contributed by atoms with Crippen molar-refractivity contribution in [3.05, 3.63) is 35.9 Å². The van der Waals surface area contributed by atoms with E-state index in [4.69, 9.17) is 5.73 Å². The molecule has 2 aliphatic rings. The molecule has 0 radical (unpaired) electrons. The molecule has 2 aliphatic carbocycles. The minimum Gasteiger partial charge on any atom is -0.353 e. The van der Waals surface area contributed by atoms with E-state index < -0.39 is 0 Å². The minimum atomic E-state index is -0.133. The van der Waals surface area contributed by atoms with E-state index in [1.165, 1.54) is 24.8 Å². The third-order valence-electron chi connectivity index (χ3n) is 5.86. The van der Waals surface area contributed by atoms with Gasteiger partial charge in [0.1, 0.15) is 0 Å². The largest absolute Gasteiger partial charge is 0.353 e. The molecule has 3 nitrogen and oxygen atoms in total. The summed E-state index contributed by atoms with van der Waals surface area (Å²) < 4.78 is 0. The summed E-state index contributed by atoms with van der Waals surface area (Å²) in [7, 11) is 0. The van der Waals surface area contributed by atoms with Gasteiger partial charge in [0.15, 0.2) is 0 Å². The quantitative estimate of drug-likeness (QED) is 0.895. The monoisotopic (exact) mass is 314 g/mol. The molecule has 2 saturated carbocycles. The molecule has 3 rings (SSSR count). The second-order valence-corrected chi connectivity index (χ2v) is 8.20. The first-order valence-electron chi connectivity index (χ1n) is 9.06. The Kier molecular flexibility index (Phi) is 4.77. The van der Waals surface area contributed by atoms with Gasteiger partial charge in [0.05, 0.1) is 0 Å². The average molecular weight is 314 g/mol. The van der Waals surface area contributed by atoms with Gasteiger partial charge in [-0.2, -0.15) is 0 Å². The maximum Gasteiger partial charge on any atom is 0.221 e. The van der Waals surface area contributed by atoms with Gasteiger partial charge in [0.2, 0.25) is 5.91 Å². The summed E-state index contributed by atoms with van der Waals surface area (Å²) >= 11 is 0. The van der Waals surface area contributed by atoms with Gasteiger partial charge in [-0.05, 0) is 48.5 Å². The van der Waals surface area contributed by atoms with E-state index in [0.29, 0.717) is 30.3 Å². The number of fused-ring (bicyclic) bond motifs is 2. The van der Waals surface area contributed by atoms with Crippen LogP contribution in [0.4, 0.5) is 0 Å².